The lowest BCUT2D eigenvalue weighted by Gasteiger charge is -2.04. The Morgan fingerprint density at radius 3 is 2.52 bits per heavy atom. The topological polar surface area (TPSA) is 63.5 Å². The van der Waals surface area contributed by atoms with Crippen LogP contribution in [0.3, 0.4) is 0 Å². The van der Waals surface area contributed by atoms with Gasteiger partial charge in [-0.05, 0) is 44.2 Å². The van der Waals surface area contributed by atoms with E-state index in [4.69, 9.17) is 11.6 Å². The Morgan fingerprint density at radius 2 is 1.84 bits per heavy atom. The molecule has 3 aromatic rings. The molecular weight excluding hydrogens is 358 g/mol. The van der Waals surface area contributed by atoms with Crippen molar-refractivity contribution in [3.05, 3.63) is 64.8 Å². The molecule has 0 aliphatic heterocycles. The van der Waals surface area contributed by atoms with Crippen LogP contribution in [0, 0.1) is 6.92 Å². The number of benzene rings is 2. The number of nitrogens with one attached hydrogen (secondary N) is 1. The van der Waals surface area contributed by atoms with Crippen LogP contribution in [0.4, 0.5) is 0 Å². The quantitative estimate of drug-likeness (QED) is 0.542. The summed E-state index contributed by atoms with van der Waals surface area (Å²) in [4.78, 5) is 2.36. The van der Waals surface area contributed by atoms with Crippen molar-refractivity contribution in [1.29, 1.82) is 0 Å². The van der Waals surface area contributed by atoms with Crippen LogP contribution in [0.2, 0.25) is 5.02 Å². The predicted molar refractivity (Wildman–Crippen MR) is 102 cm³/mol. The van der Waals surface area contributed by atoms with Gasteiger partial charge in [0, 0.05) is 33.7 Å². The number of rotatable bonds is 5. The first-order chi connectivity index (χ1) is 11.9. The molecule has 0 fully saturated rings. The van der Waals surface area contributed by atoms with Crippen LogP contribution < -0.4 is 4.83 Å². The fourth-order valence-electron chi connectivity index (χ4n) is 2.85. The molecule has 0 aliphatic carbocycles. The fraction of sp³-hybridized carbons (Fsp3) is 0.167. The Bertz CT molecular complexity index is 1040. The minimum Gasteiger partial charge on any atom is -0.344 e. The van der Waals surface area contributed by atoms with Crippen LogP contribution >= 0.6 is 11.6 Å². The third-order valence-corrected chi connectivity index (χ3v) is 5.58. The zero-order valence-electron chi connectivity index (χ0n) is 13.9. The molecule has 0 aliphatic rings. The summed E-state index contributed by atoms with van der Waals surface area (Å²) in [6.07, 6.45) is 1.55. The van der Waals surface area contributed by atoms with Crippen LogP contribution in [0.1, 0.15) is 18.2 Å². The predicted octanol–water partition coefficient (Wildman–Crippen LogP) is 3.94. The second kappa shape index (κ2) is 6.90. The number of para-hydroxylation sites is 1. The lowest BCUT2D eigenvalue weighted by atomic mass is 10.1. The molecule has 130 valence electrons. The molecule has 25 heavy (non-hydrogen) atoms. The summed E-state index contributed by atoms with van der Waals surface area (Å²) in [5, 5.41) is 5.48. The van der Waals surface area contributed by atoms with E-state index in [2.05, 4.69) is 21.4 Å². The van der Waals surface area contributed by atoms with Crippen molar-refractivity contribution < 1.29 is 8.42 Å². The van der Waals surface area contributed by atoms with Crippen molar-refractivity contribution in [3.8, 4) is 0 Å². The average molecular weight is 376 g/mol. The highest BCUT2D eigenvalue weighted by Crippen LogP contribution is 2.24. The summed E-state index contributed by atoms with van der Waals surface area (Å²) in [5.41, 5.74) is 3.04. The third kappa shape index (κ3) is 3.41. The largest absolute Gasteiger partial charge is 0.344 e. The summed E-state index contributed by atoms with van der Waals surface area (Å²) in [6.45, 7) is 4.90. The first-order valence-electron chi connectivity index (χ1n) is 7.82. The standard InChI is InChI=1S/C18H18ClN3O2S/c1-3-22-13(2)17(16-6-4-5-7-18(16)22)12-20-21-25(23,24)15-10-8-14(19)9-11-15/h4-12,21H,3H2,1-2H3/b20-12+. The molecule has 0 radical (unpaired) electrons. The van der Waals surface area contributed by atoms with Crippen LogP contribution in [-0.4, -0.2) is 19.2 Å². The van der Waals surface area contributed by atoms with E-state index in [9.17, 15) is 8.42 Å². The van der Waals surface area contributed by atoms with Crippen LogP contribution in [0.15, 0.2) is 58.5 Å². The number of sulfonamides is 1. The van der Waals surface area contributed by atoms with E-state index in [0.29, 0.717) is 5.02 Å². The zero-order chi connectivity index (χ0) is 18.0. The monoisotopic (exact) mass is 375 g/mol. The highest BCUT2D eigenvalue weighted by molar-refractivity contribution is 7.89. The first-order valence-corrected chi connectivity index (χ1v) is 9.68. The second-order valence-electron chi connectivity index (χ2n) is 5.57. The van der Waals surface area contributed by atoms with Crippen LogP contribution in [0.25, 0.3) is 10.9 Å². The van der Waals surface area contributed by atoms with Crippen molar-refractivity contribution in [3.63, 3.8) is 0 Å². The third-order valence-electron chi connectivity index (χ3n) is 4.09. The Balaban J connectivity index is 1.91. The lowest BCUT2D eigenvalue weighted by molar-refractivity contribution is 0.584. The van der Waals surface area contributed by atoms with Gasteiger partial charge < -0.3 is 4.57 Å². The zero-order valence-corrected chi connectivity index (χ0v) is 15.5. The van der Waals surface area contributed by atoms with E-state index in [1.54, 1.807) is 6.21 Å². The number of hydrazone groups is 1. The number of fused-ring (bicyclic) bond motifs is 1. The van der Waals surface area contributed by atoms with Gasteiger partial charge in [0.1, 0.15) is 0 Å². The molecule has 1 heterocycles. The Morgan fingerprint density at radius 1 is 1.16 bits per heavy atom. The van der Waals surface area contributed by atoms with Crippen molar-refractivity contribution in [2.45, 2.75) is 25.3 Å². The molecule has 1 aromatic heterocycles. The molecule has 0 saturated heterocycles. The second-order valence-corrected chi connectivity index (χ2v) is 7.66. The van der Waals surface area contributed by atoms with E-state index in [1.807, 2.05) is 31.2 Å². The average Bonchev–Trinajstić information content (AvgIpc) is 2.87. The molecule has 2 aromatic carbocycles. The molecular formula is C18H18ClN3O2S. The molecule has 0 spiro atoms. The minimum atomic E-state index is -3.73. The summed E-state index contributed by atoms with van der Waals surface area (Å²) in [5.74, 6) is 0. The Hall–Kier alpha value is -2.31. The molecule has 0 saturated carbocycles. The maximum Gasteiger partial charge on any atom is 0.276 e. The number of aryl methyl sites for hydroxylation is 1. The molecule has 0 atom stereocenters. The Kier molecular flexibility index (Phi) is 4.83. The molecule has 7 heteroatoms. The molecule has 3 rings (SSSR count). The summed E-state index contributed by atoms with van der Waals surface area (Å²) in [7, 11) is -3.73. The number of halogens is 1. The Labute approximate surface area is 152 Å². The minimum absolute atomic E-state index is 0.113. The van der Waals surface area contributed by atoms with Crippen molar-refractivity contribution >= 4 is 38.7 Å². The van der Waals surface area contributed by atoms with Gasteiger partial charge in [0.2, 0.25) is 0 Å². The van der Waals surface area contributed by atoms with E-state index >= 15 is 0 Å². The van der Waals surface area contributed by atoms with Crippen LogP contribution in [-0.2, 0) is 16.6 Å². The smallest absolute Gasteiger partial charge is 0.276 e. The van der Waals surface area contributed by atoms with Gasteiger partial charge in [0.05, 0.1) is 11.1 Å². The molecule has 0 unspecified atom stereocenters. The number of hydrogen-bond donors (Lipinski definition) is 1. The van der Waals surface area contributed by atoms with Crippen molar-refractivity contribution in [2.75, 3.05) is 0 Å². The normalized spacial score (nSPS) is 12.1. The van der Waals surface area contributed by atoms with E-state index in [-0.39, 0.29) is 4.90 Å². The van der Waals surface area contributed by atoms with Gasteiger partial charge >= 0.3 is 0 Å². The number of aromatic nitrogens is 1. The van der Waals surface area contributed by atoms with E-state index in [0.717, 1.165) is 28.7 Å². The maximum absolute atomic E-state index is 12.3. The molecule has 0 amide bonds. The van der Waals surface area contributed by atoms with E-state index < -0.39 is 10.0 Å². The summed E-state index contributed by atoms with van der Waals surface area (Å²) in [6, 6.07) is 13.9. The van der Waals surface area contributed by atoms with Gasteiger partial charge in [0.25, 0.3) is 10.0 Å². The van der Waals surface area contributed by atoms with Gasteiger partial charge in [-0.15, -0.1) is 0 Å². The van der Waals surface area contributed by atoms with Gasteiger partial charge in [-0.25, -0.2) is 4.83 Å². The molecule has 0 bridgehead atoms. The van der Waals surface area contributed by atoms with E-state index in [1.165, 1.54) is 24.3 Å². The lowest BCUT2D eigenvalue weighted by Crippen LogP contribution is -2.18. The van der Waals surface area contributed by atoms with Gasteiger partial charge in [-0.2, -0.15) is 13.5 Å². The number of hydrogen-bond acceptors (Lipinski definition) is 3. The van der Waals surface area contributed by atoms with Crippen molar-refractivity contribution in [2.24, 2.45) is 5.10 Å². The highest BCUT2D eigenvalue weighted by Gasteiger charge is 2.14. The first kappa shape index (κ1) is 17.5. The molecule has 5 nitrogen and oxygen atoms in total. The fourth-order valence-corrected chi connectivity index (χ4v) is 3.77. The van der Waals surface area contributed by atoms with Gasteiger partial charge in [-0.1, -0.05) is 29.8 Å². The van der Waals surface area contributed by atoms with Gasteiger partial charge in [0.15, 0.2) is 0 Å². The van der Waals surface area contributed by atoms with Crippen LogP contribution in [0.5, 0.6) is 0 Å². The maximum atomic E-state index is 12.3. The number of nitrogens with zero attached hydrogens (tertiary/aromatic N) is 2. The molecule has 1 N–H and O–H groups in total. The van der Waals surface area contributed by atoms with Gasteiger partial charge in [-0.3, -0.25) is 0 Å². The SMILES string of the molecule is CCn1c(C)c(/C=N/NS(=O)(=O)c2ccc(Cl)cc2)c2ccccc21. The highest BCUT2D eigenvalue weighted by atomic mass is 35.5. The summed E-state index contributed by atoms with van der Waals surface area (Å²) < 4.78 is 26.7. The summed E-state index contributed by atoms with van der Waals surface area (Å²) >= 11 is 5.79. The van der Waals surface area contributed by atoms with Crippen molar-refractivity contribution in [1.82, 2.24) is 9.40 Å².